The largest absolute Gasteiger partial charge is 0.392 e. The summed E-state index contributed by atoms with van der Waals surface area (Å²) in [5, 5.41) is 20.9. The van der Waals surface area contributed by atoms with Crippen LogP contribution < -0.4 is 5.32 Å². The predicted octanol–water partition coefficient (Wildman–Crippen LogP) is 1.84. The molecule has 2 unspecified atom stereocenters. The predicted molar refractivity (Wildman–Crippen MR) is 73.2 cm³/mol. The van der Waals surface area contributed by atoms with Gasteiger partial charge in [-0.05, 0) is 24.6 Å². The first-order chi connectivity index (χ1) is 9.07. The Balaban J connectivity index is 1.78. The molecule has 1 aromatic carbocycles. The Morgan fingerprint density at radius 2 is 2.05 bits per heavy atom. The number of aliphatic hydroxyl groups excluding tert-OH is 1. The summed E-state index contributed by atoms with van der Waals surface area (Å²) in [5.41, 5.74) is 2.00. The third-order valence-corrected chi connectivity index (χ3v) is 4.12. The average molecular weight is 258 g/mol. The van der Waals surface area contributed by atoms with Gasteiger partial charge in [-0.3, -0.25) is 4.57 Å². The summed E-state index contributed by atoms with van der Waals surface area (Å²) in [5.74, 6) is 0. The number of nitrogens with one attached hydrogen (secondary N) is 1. The lowest BCUT2D eigenvalue weighted by Crippen LogP contribution is -2.56. The summed E-state index contributed by atoms with van der Waals surface area (Å²) in [6.45, 7) is 4.17. The highest BCUT2D eigenvalue weighted by Gasteiger charge is 2.47. The molecule has 0 saturated heterocycles. The zero-order valence-electron chi connectivity index (χ0n) is 11.1. The summed E-state index contributed by atoms with van der Waals surface area (Å²) < 4.78 is 1.87. The van der Waals surface area contributed by atoms with E-state index in [2.05, 4.69) is 35.4 Å². The van der Waals surface area contributed by atoms with E-state index in [1.54, 1.807) is 12.7 Å². The molecular formula is C14H18N4O. The number of rotatable bonds is 3. The molecule has 0 amide bonds. The Morgan fingerprint density at radius 3 is 2.68 bits per heavy atom. The van der Waals surface area contributed by atoms with Crippen LogP contribution in [0.15, 0.2) is 36.9 Å². The van der Waals surface area contributed by atoms with Gasteiger partial charge in [-0.2, -0.15) is 0 Å². The molecule has 2 aromatic rings. The molecule has 1 aromatic heterocycles. The van der Waals surface area contributed by atoms with Gasteiger partial charge in [0, 0.05) is 17.1 Å². The molecule has 1 saturated carbocycles. The monoisotopic (exact) mass is 258 g/mol. The van der Waals surface area contributed by atoms with Gasteiger partial charge in [0.15, 0.2) is 0 Å². The SMILES string of the molecule is CC1(C)C(O)CC1Nc1cccc(-n2cnnc2)c1. The standard InChI is InChI=1S/C14H18N4O/c1-14(2)12(7-13(14)19)17-10-4-3-5-11(6-10)18-8-15-16-9-18/h3-6,8-9,12-13,17,19H,7H2,1-2H3. The fourth-order valence-corrected chi connectivity index (χ4v) is 2.44. The van der Waals surface area contributed by atoms with E-state index in [4.69, 9.17) is 0 Å². The van der Waals surface area contributed by atoms with Crippen molar-refractivity contribution in [2.24, 2.45) is 5.41 Å². The maximum atomic E-state index is 9.77. The highest BCUT2D eigenvalue weighted by Crippen LogP contribution is 2.42. The van der Waals surface area contributed by atoms with Gasteiger partial charge in [0.25, 0.3) is 0 Å². The first-order valence-corrected chi connectivity index (χ1v) is 6.47. The van der Waals surface area contributed by atoms with Gasteiger partial charge < -0.3 is 10.4 Å². The van der Waals surface area contributed by atoms with E-state index in [0.29, 0.717) is 6.04 Å². The summed E-state index contributed by atoms with van der Waals surface area (Å²) in [6, 6.07) is 8.41. The van der Waals surface area contributed by atoms with Gasteiger partial charge in [0.2, 0.25) is 0 Å². The van der Waals surface area contributed by atoms with Crippen LogP contribution in [0, 0.1) is 5.41 Å². The second-order valence-corrected chi connectivity index (χ2v) is 5.69. The Labute approximate surface area is 112 Å². The Bertz CT molecular complexity index is 565. The summed E-state index contributed by atoms with van der Waals surface area (Å²) in [6.07, 6.45) is 3.93. The van der Waals surface area contributed by atoms with Gasteiger partial charge in [-0.15, -0.1) is 10.2 Å². The van der Waals surface area contributed by atoms with Crippen LogP contribution in [0.25, 0.3) is 5.69 Å². The van der Waals surface area contributed by atoms with Crippen molar-refractivity contribution in [1.82, 2.24) is 14.8 Å². The molecule has 1 heterocycles. The number of nitrogens with zero attached hydrogens (tertiary/aromatic N) is 3. The van der Waals surface area contributed by atoms with Crippen molar-refractivity contribution in [3.05, 3.63) is 36.9 Å². The number of hydrogen-bond donors (Lipinski definition) is 2. The minimum Gasteiger partial charge on any atom is -0.392 e. The van der Waals surface area contributed by atoms with Crippen LogP contribution in [0.1, 0.15) is 20.3 Å². The molecule has 2 N–H and O–H groups in total. The molecule has 3 rings (SSSR count). The summed E-state index contributed by atoms with van der Waals surface area (Å²) >= 11 is 0. The van der Waals surface area contributed by atoms with E-state index in [1.165, 1.54) is 0 Å². The maximum absolute atomic E-state index is 9.77. The van der Waals surface area contributed by atoms with Gasteiger partial charge in [0.05, 0.1) is 11.8 Å². The van der Waals surface area contributed by atoms with E-state index in [1.807, 2.05) is 22.8 Å². The van der Waals surface area contributed by atoms with E-state index in [0.717, 1.165) is 17.8 Å². The molecule has 1 aliphatic rings. The zero-order valence-corrected chi connectivity index (χ0v) is 11.1. The lowest BCUT2D eigenvalue weighted by molar-refractivity contribution is -0.0510. The molecule has 0 radical (unpaired) electrons. The topological polar surface area (TPSA) is 63.0 Å². The maximum Gasteiger partial charge on any atom is 0.123 e. The molecule has 19 heavy (non-hydrogen) atoms. The second kappa shape index (κ2) is 4.35. The minimum absolute atomic E-state index is 0.0768. The molecule has 2 atom stereocenters. The number of hydrogen-bond acceptors (Lipinski definition) is 4. The van der Waals surface area contributed by atoms with Crippen molar-refractivity contribution in [3.63, 3.8) is 0 Å². The Hall–Kier alpha value is -1.88. The van der Waals surface area contributed by atoms with Crippen molar-refractivity contribution in [2.75, 3.05) is 5.32 Å². The first kappa shape index (κ1) is 12.2. The molecular weight excluding hydrogens is 240 g/mol. The van der Waals surface area contributed by atoms with Crippen LogP contribution in [0.5, 0.6) is 0 Å². The third kappa shape index (κ3) is 2.10. The van der Waals surface area contributed by atoms with Gasteiger partial charge in [-0.25, -0.2) is 0 Å². The number of aromatic nitrogens is 3. The molecule has 1 aliphatic carbocycles. The van der Waals surface area contributed by atoms with Crippen LogP contribution >= 0.6 is 0 Å². The lowest BCUT2D eigenvalue weighted by Gasteiger charge is -2.49. The Kier molecular flexibility index (Phi) is 2.78. The number of benzene rings is 1. The molecule has 5 nitrogen and oxygen atoms in total. The second-order valence-electron chi connectivity index (χ2n) is 5.69. The smallest absolute Gasteiger partial charge is 0.123 e. The lowest BCUT2D eigenvalue weighted by atomic mass is 9.64. The van der Waals surface area contributed by atoms with Crippen molar-refractivity contribution in [3.8, 4) is 5.69 Å². The average Bonchev–Trinajstić information content (AvgIpc) is 2.93. The van der Waals surface area contributed by atoms with Crippen molar-refractivity contribution >= 4 is 5.69 Å². The van der Waals surface area contributed by atoms with E-state index in [9.17, 15) is 5.11 Å². The molecule has 0 aliphatic heterocycles. The van der Waals surface area contributed by atoms with Crippen molar-refractivity contribution in [2.45, 2.75) is 32.4 Å². The summed E-state index contributed by atoms with van der Waals surface area (Å²) in [7, 11) is 0. The molecule has 100 valence electrons. The fraction of sp³-hybridized carbons (Fsp3) is 0.429. The normalized spacial score (nSPS) is 24.8. The van der Waals surface area contributed by atoms with E-state index in [-0.39, 0.29) is 11.5 Å². The number of anilines is 1. The fourth-order valence-electron chi connectivity index (χ4n) is 2.44. The van der Waals surface area contributed by atoms with Crippen LogP contribution in [0.2, 0.25) is 0 Å². The Morgan fingerprint density at radius 1 is 1.32 bits per heavy atom. The van der Waals surface area contributed by atoms with E-state index >= 15 is 0 Å². The van der Waals surface area contributed by atoms with Gasteiger partial charge in [-0.1, -0.05) is 19.9 Å². The van der Waals surface area contributed by atoms with Crippen LogP contribution in [-0.2, 0) is 0 Å². The third-order valence-electron chi connectivity index (χ3n) is 4.12. The van der Waals surface area contributed by atoms with Crippen LogP contribution in [-0.4, -0.2) is 32.0 Å². The molecule has 0 spiro atoms. The van der Waals surface area contributed by atoms with Gasteiger partial charge in [0.1, 0.15) is 12.7 Å². The highest BCUT2D eigenvalue weighted by atomic mass is 16.3. The van der Waals surface area contributed by atoms with Crippen LogP contribution in [0.3, 0.4) is 0 Å². The van der Waals surface area contributed by atoms with Gasteiger partial charge >= 0.3 is 0 Å². The van der Waals surface area contributed by atoms with Crippen molar-refractivity contribution in [1.29, 1.82) is 0 Å². The number of aliphatic hydroxyl groups is 1. The summed E-state index contributed by atoms with van der Waals surface area (Å²) in [4.78, 5) is 0. The van der Waals surface area contributed by atoms with Crippen LogP contribution in [0.4, 0.5) is 5.69 Å². The van der Waals surface area contributed by atoms with E-state index < -0.39 is 0 Å². The quantitative estimate of drug-likeness (QED) is 0.881. The molecule has 0 bridgehead atoms. The highest BCUT2D eigenvalue weighted by molar-refractivity contribution is 5.52. The zero-order chi connectivity index (χ0) is 13.5. The molecule has 5 heteroatoms. The molecule has 1 fully saturated rings. The minimum atomic E-state index is -0.217. The first-order valence-electron chi connectivity index (χ1n) is 6.47. The van der Waals surface area contributed by atoms with Crippen molar-refractivity contribution < 1.29 is 5.11 Å².